The minimum atomic E-state index is -5.14. The Morgan fingerprint density at radius 3 is 2.58 bits per heavy atom. The Labute approximate surface area is 141 Å². The molecule has 0 aliphatic carbocycles. The van der Waals surface area contributed by atoms with Crippen molar-refractivity contribution >= 4 is 5.69 Å². The molecule has 2 aromatic rings. The summed E-state index contributed by atoms with van der Waals surface area (Å²) in [6.45, 7) is 6.82. The van der Waals surface area contributed by atoms with E-state index < -0.39 is 47.0 Å². The van der Waals surface area contributed by atoms with Crippen LogP contribution in [0.4, 0.5) is 32.0 Å². The lowest BCUT2D eigenvalue weighted by molar-refractivity contribution is -0.225. The van der Waals surface area contributed by atoms with Crippen molar-refractivity contribution in [2.75, 3.05) is 0 Å². The van der Waals surface area contributed by atoms with Gasteiger partial charge >= 0.3 is 12.3 Å². The summed E-state index contributed by atoms with van der Waals surface area (Å²) in [6, 6.07) is 2.68. The van der Waals surface area contributed by atoms with Crippen molar-refractivity contribution in [2.45, 2.75) is 18.4 Å². The number of benzene rings is 1. The molecule has 5 nitrogen and oxygen atoms in total. The molecule has 0 saturated carbocycles. The lowest BCUT2D eigenvalue weighted by atomic mass is 10.1. The van der Waals surface area contributed by atoms with Crippen molar-refractivity contribution < 1.29 is 40.9 Å². The lowest BCUT2D eigenvalue weighted by Crippen LogP contribution is -2.27. The molecule has 0 radical (unpaired) electrons. The molecule has 0 amide bonds. The first kappa shape index (κ1) is 17.8. The van der Waals surface area contributed by atoms with Crippen molar-refractivity contribution in [1.82, 2.24) is 4.98 Å². The number of aliphatic hydroxyl groups excluding tert-OH is 1. The monoisotopic (exact) mass is 376 g/mol. The van der Waals surface area contributed by atoms with Gasteiger partial charge in [-0.15, -0.1) is 0 Å². The van der Waals surface area contributed by atoms with Gasteiger partial charge in [0.1, 0.15) is 11.6 Å². The number of ether oxygens (including phenoxy) is 2. The van der Waals surface area contributed by atoms with Gasteiger partial charge in [0.05, 0.1) is 18.3 Å². The highest BCUT2D eigenvalue weighted by Crippen LogP contribution is 2.53. The van der Waals surface area contributed by atoms with E-state index in [-0.39, 0.29) is 11.4 Å². The minimum absolute atomic E-state index is 0.192. The number of nitrogens with zero attached hydrogens (tertiary/aromatic N) is 2. The van der Waals surface area contributed by atoms with E-state index in [0.29, 0.717) is 6.20 Å². The minimum Gasteiger partial charge on any atom is -0.453 e. The molecule has 0 unspecified atom stereocenters. The van der Waals surface area contributed by atoms with Gasteiger partial charge in [-0.2, -0.15) is 22.0 Å². The number of rotatable bonds is 2. The van der Waals surface area contributed by atoms with Gasteiger partial charge in [-0.1, -0.05) is 0 Å². The number of hydrogen-bond donors (Lipinski definition) is 1. The molecule has 1 aromatic carbocycles. The fourth-order valence-electron chi connectivity index (χ4n) is 2.31. The van der Waals surface area contributed by atoms with E-state index in [0.717, 1.165) is 18.2 Å². The van der Waals surface area contributed by atoms with Crippen LogP contribution in [0, 0.1) is 12.4 Å². The molecule has 3 rings (SSSR count). The molecule has 0 bridgehead atoms. The highest BCUT2D eigenvalue weighted by atomic mass is 19.4. The van der Waals surface area contributed by atoms with E-state index >= 15 is 0 Å². The van der Waals surface area contributed by atoms with Crippen LogP contribution in [-0.2, 0) is 6.18 Å². The summed E-state index contributed by atoms with van der Waals surface area (Å²) >= 11 is 0. The molecule has 0 saturated heterocycles. The van der Waals surface area contributed by atoms with Crippen LogP contribution in [-0.4, -0.2) is 16.2 Å². The number of halogens is 6. The lowest BCUT2D eigenvalue weighted by Gasteiger charge is -2.14. The Morgan fingerprint density at radius 2 is 1.96 bits per heavy atom. The summed E-state index contributed by atoms with van der Waals surface area (Å²) in [5.41, 5.74) is -3.24. The van der Waals surface area contributed by atoms with Crippen LogP contribution in [0.1, 0.15) is 17.4 Å². The Balaban J connectivity index is 2.12. The Morgan fingerprint density at radius 1 is 1.27 bits per heavy atom. The molecule has 11 heteroatoms. The molecule has 0 fully saturated rings. The zero-order valence-electron chi connectivity index (χ0n) is 12.3. The quantitative estimate of drug-likeness (QED) is 0.615. The number of aromatic nitrogens is 1. The highest BCUT2D eigenvalue weighted by Gasteiger charge is 2.56. The number of pyridine rings is 1. The van der Waals surface area contributed by atoms with Crippen molar-refractivity contribution in [3.8, 4) is 17.2 Å². The Kier molecular flexibility index (Phi) is 3.95. The van der Waals surface area contributed by atoms with Crippen LogP contribution >= 0.6 is 0 Å². The number of hydrogen-bond acceptors (Lipinski definition) is 4. The standard InChI is InChI=1S/C15H6F6N2O3/c1-22-7-2-6(16)3-8(4-7)25-9-5-23-12(14(17,18)19)10-11(9)26-15(20,21)13(10)24/h2-5,13,24H/t13-/m0/s1. The predicted octanol–water partition coefficient (Wildman–Crippen LogP) is 4.60. The molecular weight excluding hydrogens is 370 g/mol. The smallest absolute Gasteiger partial charge is 0.433 e. The molecule has 26 heavy (non-hydrogen) atoms. The van der Waals surface area contributed by atoms with Crippen LogP contribution in [0.3, 0.4) is 0 Å². The summed E-state index contributed by atoms with van der Waals surface area (Å²) in [5.74, 6) is -3.02. The van der Waals surface area contributed by atoms with Gasteiger partial charge in [-0.25, -0.2) is 14.2 Å². The fourth-order valence-corrected chi connectivity index (χ4v) is 2.31. The van der Waals surface area contributed by atoms with Crippen LogP contribution < -0.4 is 9.47 Å². The van der Waals surface area contributed by atoms with E-state index in [1.165, 1.54) is 0 Å². The third-order valence-electron chi connectivity index (χ3n) is 3.35. The predicted molar refractivity (Wildman–Crippen MR) is 72.5 cm³/mol. The van der Waals surface area contributed by atoms with Gasteiger partial charge in [-0.05, 0) is 12.1 Å². The highest BCUT2D eigenvalue weighted by molar-refractivity contribution is 5.55. The van der Waals surface area contributed by atoms with E-state index in [9.17, 15) is 31.4 Å². The van der Waals surface area contributed by atoms with Crippen molar-refractivity contribution in [2.24, 2.45) is 0 Å². The largest absolute Gasteiger partial charge is 0.453 e. The van der Waals surface area contributed by atoms with Gasteiger partial charge in [0.2, 0.25) is 0 Å². The fraction of sp³-hybridized carbons (Fsp3) is 0.200. The molecule has 2 heterocycles. The van der Waals surface area contributed by atoms with E-state index in [1.807, 2.05) is 0 Å². The third kappa shape index (κ3) is 2.99. The first-order valence-corrected chi connectivity index (χ1v) is 6.74. The summed E-state index contributed by atoms with van der Waals surface area (Å²) in [6.07, 6.45) is -11.9. The van der Waals surface area contributed by atoms with Crippen LogP contribution in [0.15, 0.2) is 24.4 Å². The average Bonchev–Trinajstić information content (AvgIpc) is 2.77. The maximum atomic E-state index is 13.6. The number of aliphatic hydroxyl groups is 1. The second-order valence-corrected chi connectivity index (χ2v) is 5.14. The van der Waals surface area contributed by atoms with Crippen molar-refractivity contribution in [3.63, 3.8) is 0 Å². The second kappa shape index (κ2) is 5.77. The van der Waals surface area contributed by atoms with Gasteiger partial charge in [-0.3, -0.25) is 0 Å². The van der Waals surface area contributed by atoms with Crippen LogP contribution in [0.2, 0.25) is 0 Å². The summed E-state index contributed by atoms with van der Waals surface area (Å²) in [4.78, 5) is 5.98. The normalized spacial score (nSPS) is 18.0. The molecule has 1 atom stereocenters. The Bertz CT molecular complexity index is 923. The van der Waals surface area contributed by atoms with Crippen LogP contribution in [0.25, 0.3) is 4.85 Å². The second-order valence-electron chi connectivity index (χ2n) is 5.14. The molecule has 1 aliphatic heterocycles. The average molecular weight is 376 g/mol. The molecule has 0 spiro atoms. The Hall–Kier alpha value is -3.00. The molecule has 136 valence electrons. The molecule has 1 aromatic heterocycles. The van der Waals surface area contributed by atoms with Gasteiger partial charge in [0.25, 0.3) is 0 Å². The van der Waals surface area contributed by atoms with Crippen molar-refractivity contribution in [3.05, 3.63) is 52.9 Å². The van der Waals surface area contributed by atoms with E-state index in [4.69, 9.17) is 11.3 Å². The summed E-state index contributed by atoms with van der Waals surface area (Å²) in [5, 5.41) is 9.50. The molecule has 1 N–H and O–H groups in total. The topological polar surface area (TPSA) is 55.9 Å². The first-order chi connectivity index (χ1) is 12.0. The summed E-state index contributed by atoms with van der Waals surface area (Å²) in [7, 11) is 0. The first-order valence-electron chi connectivity index (χ1n) is 6.74. The number of alkyl halides is 5. The van der Waals surface area contributed by atoms with E-state index in [2.05, 4.69) is 14.6 Å². The SMILES string of the molecule is [C-]#[N+]c1cc(F)cc(Oc2cnc(C(F)(F)F)c3c2OC(F)(F)[C@H]3O)c1. The maximum absolute atomic E-state index is 13.6. The molecule has 1 aliphatic rings. The van der Waals surface area contributed by atoms with Gasteiger partial charge in [0.15, 0.2) is 29.0 Å². The van der Waals surface area contributed by atoms with E-state index in [1.54, 1.807) is 0 Å². The third-order valence-corrected chi connectivity index (χ3v) is 3.35. The maximum Gasteiger partial charge on any atom is 0.433 e. The van der Waals surface area contributed by atoms with Crippen molar-refractivity contribution in [1.29, 1.82) is 0 Å². The molecular formula is C15H6F6N2O3. The van der Waals surface area contributed by atoms with Gasteiger partial charge in [0, 0.05) is 6.07 Å². The zero-order valence-corrected chi connectivity index (χ0v) is 12.3. The van der Waals surface area contributed by atoms with Gasteiger partial charge < -0.3 is 14.6 Å². The zero-order chi connectivity index (χ0) is 19.3. The van der Waals surface area contributed by atoms with Crippen LogP contribution in [0.5, 0.6) is 17.2 Å². The number of fused-ring (bicyclic) bond motifs is 1. The summed E-state index contributed by atoms with van der Waals surface area (Å²) < 4.78 is 88.7.